The van der Waals surface area contributed by atoms with Crippen LogP contribution < -0.4 is 5.32 Å². The van der Waals surface area contributed by atoms with E-state index >= 15 is 0 Å². The monoisotopic (exact) mass is 230 g/mol. The van der Waals surface area contributed by atoms with Gasteiger partial charge in [0.05, 0.1) is 6.61 Å². The molecule has 94 valence electrons. The third-order valence-corrected chi connectivity index (χ3v) is 2.44. The first-order valence-corrected chi connectivity index (χ1v) is 5.75. The van der Waals surface area contributed by atoms with Crippen molar-refractivity contribution >= 4 is 6.09 Å². The molecule has 0 saturated carbocycles. The molecule has 2 N–H and O–H groups in total. The summed E-state index contributed by atoms with van der Waals surface area (Å²) >= 11 is 0. The van der Waals surface area contributed by atoms with Crippen LogP contribution in [0.15, 0.2) is 0 Å². The highest BCUT2D eigenvalue weighted by molar-refractivity contribution is 5.68. The minimum absolute atomic E-state index is 0.0320. The number of nitrogens with one attached hydrogen (secondary N) is 1. The molecule has 0 spiro atoms. The number of rotatable bonds is 3. The van der Waals surface area contributed by atoms with Crippen LogP contribution in [0.5, 0.6) is 0 Å². The lowest BCUT2D eigenvalue weighted by Gasteiger charge is -2.30. The first-order valence-electron chi connectivity index (χ1n) is 5.75. The number of aliphatic hydroxyl groups excluding tert-OH is 1. The lowest BCUT2D eigenvalue weighted by Crippen LogP contribution is -2.45. The number of carbonyl (C=O) groups excluding carboxylic acids is 1. The first-order chi connectivity index (χ1) is 7.44. The third-order valence-electron chi connectivity index (χ3n) is 2.44. The average molecular weight is 230 g/mol. The molecule has 1 saturated heterocycles. The van der Waals surface area contributed by atoms with E-state index in [1.54, 1.807) is 4.90 Å². The van der Waals surface area contributed by atoms with Gasteiger partial charge in [0.1, 0.15) is 5.60 Å². The Hall–Kier alpha value is -0.810. The van der Waals surface area contributed by atoms with Gasteiger partial charge in [-0.1, -0.05) is 0 Å². The van der Waals surface area contributed by atoms with Crippen molar-refractivity contribution in [1.29, 1.82) is 0 Å². The highest BCUT2D eigenvalue weighted by atomic mass is 16.6. The molecule has 1 aliphatic rings. The SMILES string of the molecule is CC(C)(C)OC(=O)N(CCO)C1CCNC1. The van der Waals surface area contributed by atoms with Gasteiger partial charge in [-0.15, -0.1) is 0 Å². The molecule has 0 aromatic rings. The largest absolute Gasteiger partial charge is 0.444 e. The Morgan fingerprint density at radius 3 is 2.69 bits per heavy atom. The van der Waals surface area contributed by atoms with Gasteiger partial charge in [0, 0.05) is 19.1 Å². The van der Waals surface area contributed by atoms with Gasteiger partial charge < -0.3 is 20.1 Å². The number of nitrogens with zero attached hydrogens (tertiary/aromatic N) is 1. The average Bonchev–Trinajstić information content (AvgIpc) is 2.63. The summed E-state index contributed by atoms with van der Waals surface area (Å²) in [6.07, 6.45) is 0.578. The summed E-state index contributed by atoms with van der Waals surface area (Å²) in [7, 11) is 0. The van der Waals surface area contributed by atoms with Crippen molar-refractivity contribution in [2.24, 2.45) is 0 Å². The van der Waals surface area contributed by atoms with Crippen molar-refractivity contribution in [3.63, 3.8) is 0 Å². The number of aliphatic hydroxyl groups is 1. The van der Waals surface area contributed by atoms with Crippen molar-refractivity contribution in [1.82, 2.24) is 10.2 Å². The summed E-state index contributed by atoms with van der Waals surface area (Å²) in [5.74, 6) is 0. The van der Waals surface area contributed by atoms with Crippen molar-refractivity contribution in [2.75, 3.05) is 26.2 Å². The van der Waals surface area contributed by atoms with Crippen LogP contribution in [-0.2, 0) is 4.74 Å². The van der Waals surface area contributed by atoms with Gasteiger partial charge in [0.25, 0.3) is 0 Å². The van der Waals surface area contributed by atoms with Gasteiger partial charge in [-0.05, 0) is 33.7 Å². The zero-order chi connectivity index (χ0) is 12.2. The normalized spacial score (nSPS) is 20.9. The van der Waals surface area contributed by atoms with Crippen molar-refractivity contribution in [2.45, 2.75) is 38.8 Å². The van der Waals surface area contributed by atoms with E-state index in [-0.39, 0.29) is 18.7 Å². The van der Waals surface area contributed by atoms with Crippen LogP contribution in [0.2, 0.25) is 0 Å². The fourth-order valence-electron chi connectivity index (χ4n) is 1.76. The number of amides is 1. The Bertz CT molecular complexity index is 232. The highest BCUT2D eigenvalue weighted by Crippen LogP contribution is 2.14. The van der Waals surface area contributed by atoms with Gasteiger partial charge in [0.15, 0.2) is 0 Å². The molecule has 1 heterocycles. The van der Waals surface area contributed by atoms with Gasteiger partial charge in [-0.25, -0.2) is 4.79 Å². The van der Waals surface area contributed by atoms with Crippen LogP contribution in [0.4, 0.5) is 4.79 Å². The van der Waals surface area contributed by atoms with E-state index in [2.05, 4.69) is 5.32 Å². The molecule has 5 nitrogen and oxygen atoms in total. The summed E-state index contributed by atoms with van der Waals surface area (Å²) in [6, 6.07) is 0.141. The van der Waals surface area contributed by atoms with Crippen LogP contribution in [-0.4, -0.2) is 54.0 Å². The van der Waals surface area contributed by atoms with Gasteiger partial charge in [-0.2, -0.15) is 0 Å². The molecule has 1 atom stereocenters. The summed E-state index contributed by atoms with van der Waals surface area (Å²) in [5, 5.41) is 12.2. The predicted octanol–water partition coefficient (Wildman–Crippen LogP) is 0.578. The fraction of sp³-hybridized carbons (Fsp3) is 0.909. The molecule has 16 heavy (non-hydrogen) atoms. The van der Waals surface area contributed by atoms with Crippen molar-refractivity contribution in [3.05, 3.63) is 0 Å². The molecule has 0 bridgehead atoms. The maximum atomic E-state index is 11.9. The second kappa shape index (κ2) is 5.50. The summed E-state index contributed by atoms with van der Waals surface area (Å²) < 4.78 is 5.31. The quantitative estimate of drug-likeness (QED) is 0.744. The molecule has 1 unspecified atom stereocenters. The van der Waals surface area contributed by atoms with Crippen molar-refractivity contribution < 1.29 is 14.6 Å². The Labute approximate surface area is 96.8 Å². The van der Waals surface area contributed by atoms with E-state index in [1.807, 2.05) is 20.8 Å². The molecule has 1 amide bonds. The van der Waals surface area contributed by atoms with Crippen LogP contribution in [0.25, 0.3) is 0 Å². The minimum atomic E-state index is -0.489. The number of ether oxygens (including phenoxy) is 1. The third kappa shape index (κ3) is 3.98. The molecule has 0 aromatic heterocycles. The second-order valence-electron chi connectivity index (χ2n) is 5.04. The summed E-state index contributed by atoms with van der Waals surface area (Å²) in [5.41, 5.74) is -0.489. The Morgan fingerprint density at radius 2 is 2.25 bits per heavy atom. The first kappa shape index (κ1) is 13.3. The van der Waals surface area contributed by atoms with E-state index in [1.165, 1.54) is 0 Å². The molecule has 1 fully saturated rings. The standard InChI is InChI=1S/C11H22N2O3/c1-11(2,3)16-10(15)13(6-7-14)9-4-5-12-8-9/h9,12,14H,4-8H2,1-3H3. The Balaban J connectivity index is 2.57. The lowest BCUT2D eigenvalue weighted by molar-refractivity contribution is 0.0141. The van der Waals surface area contributed by atoms with Gasteiger partial charge >= 0.3 is 6.09 Å². The van der Waals surface area contributed by atoms with Crippen LogP contribution >= 0.6 is 0 Å². The highest BCUT2D eigenvalue weighted by Gasteiger charge is 2.29. The van der Waals surface area contributed by atoms with E-state index in [0.717, 1.165) is 19.5 Å². The molecule has 1 rings (SSSR count). The maximum absolute atomic E-state index is 11.9. The zero-order valence-electron chi connectivity index (χ0n) is 10.3. The number of carbonyl (C=O) groups is 1. The molecular formula is C11H22N2O3. The van der Waals surface area contributed by atoms with E-state index in [0.29, 0.717) is 6.54 Å². The number of hydrogen-bond acceptors (Lipinski definition) is 4. The fourth-order valence-corrected chi connectivity index (χ4v) is 1.76. The predicted molar refractivity (Wildman–Crippen MR) is 61.3 cm³/mol. The molecular weight excluding hydrogens is 208 g/mol. The summed E-state index contributed by atoms with van der Waals surface area (Å²) in [4.78, 5) is 13.5. The smallest absolute Gasteiger partial charge is 0.410 e. The van der Waals surface area contributed by atoms with Gasteiger partial charge in [-0.3, -0.25) is 0 Å². The summed E-state index contributed by atoms with van der Waals surface area (Å²) in [6.45, 7) is 7.52. The molecule has 0 aromatic carbocycles. The van der Waals surface area contributed by atoms with Crippen LogP contribution in [0.3, 0.4) is 0 Å². The maximum Gasteiger partial charge on any atom is 0.410 e. The molecule has 0 radical (unpaired) electrons. The molecule has 0 aliphatic carbocycles. The van der Waals surface area contributed by atoms with Gasteiger partial charge in [0.2, 0.25) is 0 Å². The Morgan fingerprint density at radius 1 is 1.56 bits per heavy atom. The zero-order valence-corrected chi connectivity index (χ0v) is 10.3. The van der Waals surface area contributed by atoms with Crippen LogP contribution in [0, 0.1) is 0 Å². The van der Waals surface area contributed by atoms with Crippen LogP contribution in [0.1, 0.15) is 27.2 Å². The van der Waals surface area contributed by atoms with E-state index in [4.69, 9.17) is 9.84 Å². The van der Waals surface area contributed by atoms with Crippen molar-refractivity contribution in [3.8, 4) is 0 Å². The number of hydrogen-bond donors (Lipinski definition) is 2. The Kier molecular flexibility index (Phi) is 4.56. The topological polar surface area (TPSA) is 61.8 Å². The molecule has 5 heteroatoms. The lowest BCUT2D eigenvalue weighted by atomic mass is 10.2. The minimum Gasteiger partial charge on any atom is -0.444 e. The second-order valence-corrected chi connectivity index (χ2v) is 5.04. The molecule has 1 aliphatic heterocycles. The van der Waals surface area contributed by atoms with E-state index < -0.39 is 5.60 Å². The van der Waals surface area contributed by atoms with E-state index in [9.17, 15) is 4.79 Å².